The van der Waals surface area contributed by atoms with Crippen molar-refractivity contribution in [3.05, 3.63) is 125 Å². The second kappa shape index (κ2) is 15.0. The van der Waals surface area contributed by atoms with Gasteiger partial charge in [0.1, 0.15) is 22.8 Å². The third-order valence-corrected chi connectivity index (χ3v) is 6.44. The molecule has 10 nitrogen and oxygen atoms in total. The lowest BCUT2D eigenvalue weighted by molar-refractivity contribution is -0.149. The molecule has 0 N–H and O–H groups in total. The highest BCUT2D eigenvalue weighted by atomic mass is 16.6. The van der Waals surface area contributed by atoms with E-state index in [0.29, 0.717) is 16.7 Å². The number of ether oxygens (including phenoxy) is 6. The van der Waals surface area contributed by atoms with E-state index in [1.54, 1.807) is 97.3 Å². The van der Waals surface area contributed by atoms with E-state index in [0.717, 1.165) is 0 Å². The Bertz CT molecular complexity index is 1490. The van der Waals surface area contributed by atoms with Gasteiger partial charge in [-0.15, -0.1) is 0 Å². The zero-order chi connectivity index (χ0) is 31.5. The second-order valence-corrected chi connectivity index (χ2v) is 9.19. The molecule has 0 aliphatic carbocycles. The average molecular weight is 598 g/mol. The molecule has 225 valence electrons. The van der Waals surface area contributed by atoms with Crippen molar-refractivity contribution in [2.75, 3.05) is 21.3 Å². The molecule has 0 spiro atoms. The fraction of sp³-hybridized carbons (Fsp3) is 0.176. The molecule has 0 saturated carbocycles. The summed E-state index contributed by atoms with van der Waals surface area (Å²) in [6.07, 6.45) is -2.07. The Balaban J connectivity index is 1.87. The first-order chi connectivity index (χ1) is 21.4. The zero-order valence-corrected chi connectivity index (χ0v) is 24.1. The maximum atomic E-state index is 12.8. The van der Waals surface area contributed by atoms with Gasteiger partial charge in [0.05, 0.1) is 21.3 Å². The fourth-order valence-electron chi connectivity index (χ4n) is 4.27. The van der Waals surface area contributed by atoms with Gasteiger partial charge in [-0.3, -0.25) is 4.79 Å². The smallest absolute Gasteiger partial charge is 0.351 e. The minimum Gasteiger partial charge on any atom is -0.474 e. The van der Waals surface area contributed by atoms with Crippen LogP contribution < -0.4 is 14.2 Å². The molecule has 0 aromatic heterocycles. The molecule has 44 heavy (non-hydrogen) atoms. The van der Waals surface area contributed by atoms with Gasteiger partial charge in [0.25, 0.3) is 0 Å². The molecular weight excluding hydrogens is 568 g/mol. The number of carbonyl (C=O) groups is 3. The summed E-state index contributed by atoms with van der Waals surface area (Å²) in [5.74, 6) is -2.62. The highest BCUT2D eigenvalue weighted by Gasteiger charge is 2.31. The Morgan fingerprint density at radius 1 is 0.523 bits per heavy atom. The molecule has 10 heteroatoms. The van der Waals surface area contributed by atoms with Gasteiger partial charge in [-0.05, 0) is 0 Å². The van der Waals surface area contributed by atoms with Crippen LogP contribution in [0.5, 0.6) is 17.2 Å². The van der Waals surface area contributed by atoms with E-state index in [4.69, 9.17) is 28.4 Å². The quantitative estimate of drug-likeness (QED) is 0.153. The van der Waals surface area contributed by atoms with Crippen molar-refractivity contribution in [2.24, 2.45) is 0 Å². The van der Waals surface area contributed by atoms with E-state index >= 15 is 0 Å². The largest absolute Gasteiger partial charge is 0.474 e. The Labute approximate surface area is 254 Å². The Kier molecular flexibility index (Phi) is 10.7. The molecule has 4 aromatic rings. The van der Waals surface area contributed by atoms with Gasteiger partial charge in [0.15, 0.2) is 0 Å². The molecule has 4 aromatic carbocycles. The van der Waals surface area contributed by atoms with E-state index in [1.807, 2.05) is 0 Å². The Hall–Kier alpha value is -5.64. The lowest BCUT2D eigenvalue weighted by Crippen LogP contribution is -2.23. The molecular formula is C34H29O10. The van der Waals surface area contributed by atoms with Crippen LogP contribution in [0, 0.1) is 0 Å². The van der Waals surface area contributed by atoms with Gasteiger partial charge in [-0.1, -0.05) is 91.0 Å². The predicted octanol–water partition coefficient (Wildman–Crippen LogP) is 5.02. The first-order valence-electron chi connectivity index (χ1n) is 13.3. The SMILES string of the molecule is COC(=O)C(Oc1cc(OC(C(=O)OC)c2ccccc2)c([C]=O)c(OC(C(=O)OC)c2ccccc2)c1)c1ccccc1. The summed E-state index contributed by atoms with van der Waals surface area (Å²) in [4.78, 5) is 50.9. The van der Waals surface area contributed by atoms with Crippen molar-refractivity contribution in [2.45, 2.75) is 18.3 Å². The summed E-state index contributed by atoms with van der Waals surface area (Å²) in [5.41, 5.74) is 1.07. The molecule has 0 amide bonds. The molecule has 0 heterocycles. The summed E-state index contributed by atoms with van der Waals surface area (Å²) in [6.45, 7) is 0. The molecule has 3 unspecified atom stereocenters. The number of benzene rings is 4. The number of methoxy groups -OCH3 is 3. The van der Waals surface area contributed by atoms with Gasteiger partial charge < -0.3 is 28.4 Å². The van der Waals surface area contributed by atoms with Crippen LogP contribution in [0.4, 0.5) is 0 Å². The van der Waals surface area contributed by atoms with Crippen LogP contribution in [-0.4, -0.2) is 45.5 Å². The summed E-state index contributed by atoms with van der Waals surface area (Å²) >= 11 is 0. The second-order valence-electron chi connectivity index (χ2n) is 9.19. The first kappa shape index (κ1) is 31.3. The minimum absolute atomic E-state index is 0.0124. The molecule has 3 atom stereocenters. The van der Waals surface area contributed by atoms with Crippen LogP contribution in [0.15, 0.2) is 103 Å². The van der Waals surface area contributed by atoms with E-state index < -0.39 is 36.2 Å². The Morgan fingerprint density at radius 3 is 1.14 bits per heavy atom. The van der Waals surface area contributed by atoms with Crippen molar-refractivity contribution in [1.29, 1.82) is 0 Å². The maximum Gasteiger partial charge on any atom is 0.351 e. The molecule has 0 bridgehead atoms. The number of rotatable bonds is 13. The van der Waals surface area contributed by atoms with Crippen LogP contribution in [0.2, 0.25) is 0 Å². The van der Waals surface area contributed by atoms with Gasteiger partial charge in [0, 0.05) is 28.8 Å². The first-order valence-corrected chi connectivity index (χ1v) is 13.3. The molecule has 0 aliphatic rings. The molecule has 0 saturated heterocycles. The highest BCUT2D eigenvalue weighted by Crippen LogP contribution is 2.39. The van der Waals surface area contributed by atoms with Gasteiger partial charge in [0.2, 0.25) is 24.6 Å². The third kappa shape index (κ3) is 7.40. The van der Waals surface area contributed by atoms with Gasteiger partial charge in [-0.25, -0.2) is 14.4 Å². The Morgan fingerprint density at radius 2 is 0.841 bits per heavy atom. The number of hydrogen-bond donors (Lipinski definition) is 0. The third-order valence-electron chi connectivity index (χ3n) is 6.44. The monoisotopic (exact) mass is 597 g/mol. The highest BCUT2D eigenvalue weighted by molar-refractivity contribution is 5.86. The number of hydrogen-bond acceptors (Lipinski definition) is 10. The van der Waals surface area contributed by atoms with Crippen LogP contribution >= 0.6 is 0 Å². The molecule has 0 aliphatic heterocycles. The van der Waals surface area contributed by atoms with E-state index in [1.165, 1.54) is 33.5 Å². The standard InChI is InChI=1S/C34H29O10/c1-39-32(36)29(22-13-7-4-8-14-22)42-25-19-27(43-30(33(37)40-2)23-15-9-5-10-16-23)26(21-35)28(20-25)44-31(34(38)41-3)24-17-11-6-12-18-24/h4-20,29-31H,1-3H3. The molecule has 4 rings (SSSR count). The summed E-state index contributed by atoms with van der Waals surface area (Å²) in [6, 6.07) is 28.1. The fourth-order valence-corrected chi connectivity index (χ4v) is 4.27. The van der Waals surface area contributed by atoms with E-state index in [-0.39, 0.29) is 22.8 Å². The lowest BCUT2D eigenvalue weighted by Gasteiger charge is -2.24. The van der Waals surface area contributed by atoms with Crippen LogP contribution in [0.25, 0.3) is 0 Å². The number of esters is 3. The maximum absolute atomic E-state index is 12.8. The van der Waals surface area contributed by atoms with Gasteiger partial charge >= 0.3 is 17.9 Å². The topological polar surface area (TPSA) is 124 Å². The zero-order valence-electron chi connectivity index (χ0n) is 24.1. The van der Waals surface area contributed by atoms with Crippen molar-refractivity contribution in [3.8, 4) is 17.2 Å². The predicted molar refractivity (Wildman–Crippen MR) is 157 cm³/mol. The van der Waals surface area contributed by atoms with Crippen LogP contribution in [0.1, 0.15) is 40.6 Å². The van der Waals surface area contributed by atoms with Crippen LogP contribution in [0.3, 0.4) is 0 Å². The summed E-state index contributed by atoms with van der Waals surface area (Å²) in [5, 5.41) is 0. The normalized spacial score (nSPS) is 12.5. The van der Waals surface area contributed by atoms with E-state index in [2.05, 4.69) is 0 Å². The summed E-state index contributed by atoms with van der Waals surface area (Å²) in [7, 11) is 3.62. The van der Waals surface area contributed by atoms with Crippen LogP contribution in [-0.2, 0) is 33.4 Å². The summed E-state index contributed by atoms with van der Waals surface area (Å²) < 4.78 is 33.1. The minimum atomic E-state index is -1.31. The van der Waals surface area contributed by atoms with Crippen molar-refractivity contribution in [1.82, 2.24) is 0 Å². The van der Waals surface area contributed by atoms with Gasteiger partial charge in [-0.2, -0.15) is 0 Å². The van der Waals surface area contributed by atoms with Crippen molar-refractivity contribution in [3.63, 3.8) is 0 Å². The van der Waals surface area contributed by atoms with E-state index in [9.17, 15) is 19.2 Å². The van der Waals surface area contributed by atoms with Crippen molar-refractivity contribution >= 4 is 24.2 Å². The average Bonchev–Trinajstić information content (AvgIpc) is 3.08. The number of carbonyl (C=O) groups excluding carboxylic acids is 4. The molecule has 1 radical (unpaired) electrons. The van der Waals surface area contributed by atoms with Crippen molar-refractivity contribution < 1.29 is 47.6 Å². The molecule has 0 fully saturated rings. The lowest BCUT2D eigenvalue weighted by atomic mass is 10.1.